The minimum Gasteiger partial charge on any atom is -0.378 e. The number of nitrogens with one attached hydrogen (secondary N) is 1. The van der Waals surface area contributed by atoms with E-state index in [1.54, 1.807) is 17.6 Å². The summed E-state index contributed by atoms with van der Waals surface area (Å²) in [4.78, 5) is 16.2. The van der Waals surface area contributed by atoms with Crippen molar-refractivity contribution in [3.8, 4) is 0 Å². The summed E-state index contributed by atoms with van der Waals surface area (Å²) >= 11 is 1.80. The van der Waals surface area contributed by atoms with Crippen LogP contribution >= 0.6 is 11.3 Å². The summed E-state index contributed by atoms with van der Waals surface area (Å²) in [7, 11) is -0.887. The monoisotopic (exact) mass is 499 g/mol. The molecule has 0 aromatic carbocycles. The quantitative estimate of drug-likeness (QED) is 0.575. The fourth-order valence-electron chi connectivity index (χ4n) is 4.94. The van der Waals surface area contributed by atoms with Crippen LogP contribution < -0.4 is 4.90 Å². The first-order chi connectivity index (χ1) is 16.7. The van der Waals surface area contributed by atoms with Crippen LogP contribution in [0.2, 0.25) is 0 Å². The van der Waals surface area contributed by atoms with Gasteiger partial charge in [-0.05, 0) is 18.9 Å². The lowest BCUT2D eigenvalue weighted by molar-refractivity contribution is 0.122. The maximum absolute atomic E-state index is 11.8. The molecule has 1 atom stereocenters. The van der Waals surface area contributed by atoms with Gasteiger partial charge in [-0.15, -0.1) is 11.3 Å². The zero-order valence-corrected chi connectivity index (χ0v) is 21.0. The van der Waals surface area contributed by atoms with Gasteiger partial charge in [0, 0.05) is 73.8 Å². The molecule has 5 heterocycles. The van der Waals surface area contributed by atoms with E-state index in [1.807, 2.05) is 10.5 Å². The fourth-order valence-corrected chi connectivity index (χ4v) is 6.77. The summed E-state index contributed by atoms with van der Waals surface area (Å²) in [5, 5.41) is 7.40. The van der Waals surface area contributed by atoms with Gasteiger partial charge in [-0.1, -0.05) is 6.08 Å². The maximum Gasteiger partial charge on any atom is 0.162 e. The van der Waals surface area contributed by atoms with Crippen molar-refractivity contribution in [1.82, 2.24) is 29.4 Å². The summed E-state index contributed by atoms with van der Waals surface area (Å²) in [6.45, 7) is 7.55. The number of thiophene rings is 1. The van der Waals surface area contributed by atoms with Crippen molar-refractivity contribution >= 4 is 43.9 Å². The first-order valence-corrected chi connectivity index (χ1v) is 14.2. The molecule has 11 heteroatoms. The number of ether oxygens (including phenoxy) is 1. The van der Waals surface area contributed by atoms with Crippen molar-refractivity contribution < 1.29 is 8.95 Å². The average molecular weight is 500 g/mol. The third kappa shape index (κ3) is 4.31. The van der Waals surface area contributed by atoms with E-state index < -0.39 is 11.0 Å². The third-order valence-electron chi connectivity index (χ3n) is 6.78. The van der Waals surface area contributed by atoms with Gasteiger partial charge in [-0.25, -0.2) is 18.5 Å². The number of hydrogen-bond acceptors (Lipinski definition) is 8. The van der Waals surface area contributed by atoms with Crippen molar-refractivity contribution in [2.75, 3.05) is 63.6 Å². The summed E-state index contributed by atoms with van der Waals surface area (Å²) in [6.07, 6.45) is 7.83. The Bertz CT molecular complexity index is 1240. The smallest absolute Gasteiger partial charge is 0.162 e. The standard InChI is InChI=1S/C23H29N7O2S2/c1-34(31)30-7-5-28(6-8-30)15-16-13-20-21(33-16)23(29-9-11-32-12-10-29)26-22(25-20)17-3-2-4-19-18(17)14-24-27-19/h3,13-14H,2,4-12,15H2,1H3,(H,24,27). The molecule has 0 spiro atoms. The molecule has 2 aliphatic heterocycles. The minimum absolute atomic E-state index is 0.719. The second-order valence-corrected chi connectivity index (χ2v) is 11.4. The van der Waals surface area contributed by atoms with E-state index >= 15 is 0 Å². The molecule has 3 aromatic heterocycles. The predicted molar refractivity (Wildman–Crippen MR) is 135 cm³/mol. The molecular weight excluding hydrogens is 470 g/mol. The van der Waals surface area contributed by atoms with E-state index in [-0.39, 0.29) is 0 Å². The van der Waals surface area contributed by atoms with Crippen molar-refractivity contribution in [3.63, 3.8) is 0 Å². The molecule has 0 saturated carbocycles. The van der Waals surface area contributed by atoms with Gasteiger partial charge >= 0.3 is 0 Å². The summed E-state index contributed by atoms with van der Waals surface area (Å²) in [5.41, 5.74) is 4.35. The van der Waals surface area contributed by atoms with Gasteiger partial charge in [0.25, 0.3) is 0 Å². The highest BCUT2D eigenvalue weighted by Gasteiger charge is 2.25. The topological polar surface area (TPSA) is 90.5 Å². The molecule has 2 saturated heterocycles. The molecule has 1 aliphatic carbocycles. The molecule has 3 aliphatic rings. The van der Waals surface area contributed by atoms with E-state index in [0.717, 1.165) is 111 Å². The number of aryl methyl sites for hydroxylation is 1. The number of fused-ring (bicyclic) bond motifs is 2. The molecule has 6 rings (SSSR count). The van der Waals surface area contributed by atoms with E-state index in [2.05, 4.69) is 32.1 Å². The number of H-pyrrole nitrogens is 1. The van der Waals surface area contributed by atoms with Gasteiger partial charge in [0.2, 0.25) is 0 Å². The van der Waals surface area contributed by atoms with Crippen molar-refractivity contribution in [1.29, 1.82) is 0 Å². The number of anilines is 1. The Kier molecular flexibility index (Phi) is 6.20. The van der Waals surface area contributed by atoms with Crippen LogP contribution in [0.15, 0.2) is 18.3 Å². The third-order valence-corrected chi connectivity index (χ3v) is 8.98. The number of nitrogens with zero attached hydrogens (tertiary/aromatic N) is 6. The van der Waals surface area contributed by atoms with Gasteiger partial charge in [0.15, 0.2) is 11.6 Å². The highest BCUT2D eigenvalue weighted by Crippen LogP contribution is 2.36. The molecule has 34 heavy (non-hydrogen) atoms. The van der Waals surface area contributed by atoms with E-state index in [1.165, 1.54) is 4.88 Å². The van der Waals surface area contributed by atoms with Crippen LogP contribution in [-0.2, 0) is 28.7 Å². The Balaban J connectivity index is 1.34. The second-order valence-electron chi connectivity index (χ2n) is 8.94. The van der Waals surface area contributed by atoms with Crippen LogP contribution in [0, 0.1) is 0 Å². The molecule has 1 N–H and O–H groups in total. The summed E-state index contributed by atoms with van der Waals surface area (Å²) in [5.74, 6) is 1.79. The molecule has 1 unspecified atom stereocenters. The number of morpholine rings is 1. The Hall–Kier alpha value is -2.18. The number of aromatic nitrogens is 4. The minimum atomic E-state index is -0.887. The molecule has 0 bridgehead atoms. The SMILES string of the molecule is CS(=O)N1CCN(Cc2cc3nc(C4=CCCc5[nH]ncc54)nc(N4CCOCC4)c3s2)CC1. The lowest BCUT2D eigenvalue weighted by Crippen LogP contribution is -2.46. The highest BCUT2D eigenvalue weighted by atomic mass is 32.2. The molecule has 3 aromatic rings. The van der Waals surface area contributed by atoms with E-state index in [4.69, 9.17) is 14.7 Å². The summed E-state index contributed by atoms with van der Waals surface area (Å²) in [6, 6.07) is 2.24. The Morgan fingerprint density at radius 3 is 2.76 bits per heavy atom. The largest absolute Gasteiger partial charge is 0.378 e. The van der Waals surface area contributed by atoms with Crippen LogP contribution in [0.3, 0.4) is 0 Å². The van der Waals surface area contributed by atoms with Crippen LogP contribution in [0.5, 0.6) is 0 Å². The Morgan fingerprint density at radius 2 is 1.97 bits per heavy atom. The molecule has 180 valence electrons. The summed E-state index contributed by atoms with van der Waals surface area (Å²) < 4.78 is 20.6. The Morgan fingerprint density at radius 1 is 1.15 bits per heavy atom. The van der Waals surface area contributed by atoms with Crippen molar-refractivity contribution in [2.24, 2.45) is 0 Å². The first-order valence-electron chi connectivity index (χ1n) is 11.8. The van der Waals surface area contributed by atoms with Crippen LogP contribution in [0.1, 0.15) is 28.4 Å². The number of allylic oxidation sites excluding steroid dienone is 1. The predicted octanol–water partition coefficient (Wildman–Crippen LogP) is 2.04. The van der Waals surface area contributed by atoms with E-state index in [0.29, 0.717) is 0 Å². The van der Waals surface area contributed by atoms with Gasteiger partial charge in [-0.3, -0.25) is 10.00 Å². The number of piperazine rings is 1. The van der Waals surface area contributed by atoms with Crippen molar-refractivity contribution in [2.45, 2.75) is 19.4 Å². The zero-order valence-electron chi connectivity index (χ0n) is 19.3. The van der Waals surface area contributed by atoms with Gasteiger partial charge in [-0.2, -0.15) is 5.10 Å². The molecular formula is C23H29N7O2S2. The van der Waals surface area contributed by atoms with Gasteiger partial charge in [0.1, 0.15) is 0 Å². The fraction of sp³-hybridized carbons (Fsp3) is 0.522. The second kappa shape index (κ2) is 9.46. The van der Waals surface area contributed by atoms with Crippen LogP contribution in [-0.4, -0.2) is 92.3 Å². The molecule has 0 amide bonds. The zero-order chi connectivity index (χ0) is 23.1. The lowest BCUT2D eigenvalue weighted by Gasteiger charge is -2.32. The number of rotatable bonds is 5. The van der Waals surface area contributed by atoms with Crippen molar-refractivity contribution in [3.05, 3.63) is 40.3 Å². The maximum atomic E-state index is 11.8. The van der Waals surface area contributed by atoms with E-state index in [9.17, 15) is 4.21 Å². The van der Waals surface area contributed by atoms with Gasteiger partial charge < -0.3 is 9.64 Å². The normalized spacial score (nSPS) is 21.0. The van der Waals surface area contributed by atoms with Crippen LogP contribution in [0.4, 0.5) is 5.82 Å². The average Bonchev–Trinajstić information content (AvgIpc) is 3.50. The van der Waals surface area contributed by atoms with Gasteiger partial charge in [0.05, 0.1) is 40.6 Å². The number of aromatic amines is 1. The molecule has 0 radical (unpaired) electrons. The van der Waals surface area contributed by atoms with Crippen LogP contribution in [0.25, 0.3) is 15.8 Å². The lowest BCUT2D eigenvalue weighted by atomic mass is 9.96. The molecule has 9 nitrogen and oxygen atoms in total. The molecule has 2 fully saturated rings. The Labute approximate surface area is 205 Å². The highest BCUT2D eigenvalue weighted by molar-refractivity contribution is 7.81. The first kappa shape index (κ1) is 22.3. The number of hydrogen-bond donors (Lipinski definition) is 1.